The van der Waals surface area contributed by atoms with E-state index in [0.717, 1.165) is 6.54 Å². The van der Waals surface area contributed by atoms with Gasteiger partial charge in [0.15, 0.2) is 0 Å². The average Bonchev–Trinajstić information content (AvgIpc) is 2.30. The molecule has 2 heteroatoms. The molecule has 1 aliphatic carbocycles. The van der Waals surface area contributed by atoms with E-state index < -0.39 is 0 Å². The summed E-state index contributed by atoms with van der Waals surface area (Å²) in [7, 11) is 0. The van der Waals surface area contributed by atoms with Crippen LogP contribution in [0.4, 0.5) is 0 Å². The van der Waals surface area contributed by atoms with Gasteiger partial charge in [0.05, 0.1) is 0 Å². The first-order valence-corrected chi connectivity index (χ1v) is 7.07. The summed E-state index contributed by atoms with van der Waals surface area (Å²) in [5, 5.41) is 0. The lowest BCUT2D eigenvalue weighted by atomic mass is 9.62. The molecule has 2 aliphatic rings. The van der Waals surface area contributed by atoms with E-state index in [-0.39, 0.29) is 0 Å². The van der Waals surface area contributed by atoms with Crippen LogP contribution in [0.5, 0.6) is 0 Å². The van der Waals surface area contributed by atoms with Gasteiger partial charge in [-0.3, -0.25) is 4.90 Å². The molecule has 0 amide bonds. The van der Waals surface area contributed by atoms with Gasteiger partial charge in [0.2, 0.25) is 0 Å². The fraction of sp³-hybridized carbons (Fsp3) is 1.00. The Morgan fingerprint density at radius 1 is 0.938 bits per heavy atom. The summed E-state index contributed by atoms with van der Waals surface area (Å²) in [6.07, 6.45) is 9.59. The van der Waals surface area contributed by atoms with Crippen LogP contribution in [0.1, 0.15) is 58.8 Å². The van der Waals surface area contributed by atoms with Crippen molar-refractivity contribution in [1.29, 1.82) is 0 Å². The maximum Gasteiger partial charge on any atom is 0.0382 e. The highest BCUT2D eigenvalue weighted by Crippen LogP contribution is 2.47. The lowest BCUT2D eigenvalue weighted by Gasteiger charge is -2.57. The monoisotopic (exact) mass is 224 g/mol. The van der Waals surface area contributed by atoms with Gasteiger partial charge >= 0.3 is 0 Å². The van der Waals surface area contributed by atoms with Crippen molar-refractivity contribution >= 4 is 0 Å². The van der Waals surface area contributed by atoms with Gasteiger partial charge in [0.1, 0.15) is 0 Å². The van der Waals surface area contributed by atoms with Gasteiger partial charge in [0.25, 0.3) is 0 Å². The third-order valence-corrected chi connectivity index (χ3v) is 5.20. The molecular weight excluding hydrogens is 196 g/mol. The van der Waals surface area contributed by atoms with E-state index in [1.165, 1.54) is 58.0 Å². The largest absolute Gasteiger partial charge is 0.329 e. The summed E-state index contributed by atoms with van der Waals surface area (Å²) in [5.74, 6) is 0. The highest BCUT2D eigenvalue weighted by atomic mass is 15.2. The second-order valence-electron chi connectivity index (χ2n) is 6.37. The van der Waals surface area contributed by atoms with Crippen LogP contribution in [-0.4, -0.2) is 30.1 Å². The van der Waals surface area contributed by atoms with Crippen LogP contribution in [-0.2, 0) is 0 Å². The quantitative estimate of drug-likeness (QED) is 0.781. The van der Waals surface area contributed by atoms with Gasteiger partial charge in [0, 0.05) is 12.1 Å². The van der Waals surface area contributed by atoms with Crippen molar-refractivity contribution in [3.63, 3.8) is 0 Å². The number of hydrogen-bond acceptors (Lipinski definition) is 2. The lowest BCUT2D eigenvalue weighted by molar-refractivity contribution is -0.0528. The van der Waals surface area contributed by atoms with Crippen LogP contribution in [0, 0.1) is 5.41 Å². The average molecular weight is 224 g/mol. The first-order chi connectivity index (χ1) is 7.62. The molecule has 1 heterocycles. The molecular formula is C14H28N2. The first-order valence-electron chi connectivity index (χ1n) is 7.07. The molecule has 94 valence electrons. The molecule has 2 rings (SSSR count). The smallest absolute Gasteiger partial charge is 0.0382 e. The fourth-order valence-corrected chi connectivity index (χ4v) is 3.97. The number of nitrogens with two attached hydrogens (primary N) is 1. The Hall–Kier alpha value is -0.0800. The fourth-order valence-electron chi connectivity index (χ4n) is 3.97. The Balaban J connectivity index is 2.21. The van der Waals surface area contributed by atoms with Crippen molar-refractivity contribution in [2.75, 3.05) is 19.6 Å². The van der Waals surface area contributed by atoms with Gasteiger partial charge in [-0.25, -0.2) is 0 Å². The summed E-state index contributed by atoms with van der Waals surface area (Å²) in [6.45, 7) is 8.28. The number of likely N-dealkylation sites (tertiary alicyclic amines) is 1. The minimum absolute atomic E-state index is 0.297. The summed E-state index contributed by atoms with van der Waals surface area (Å²) in [5.41, 5.74) is 6.90. The Labute approximate surface area is 101 Å². The molecule has 0 spiro atoms. The van der Waals surface area contributed by atoms with Crippen LogP contribution in [0.15, 0.2) is 0 Å². The molecule has 0 aromatic heterocycles. The Morgan fingerprint density at radius 3 is 2.12 bits per heavy atom. The standard InChI is InChI=1S/C14H28N2/c1-13(2)8-4-5-9-14(13,12-15)16-10-6-3-7-11-16/h3-12,15H2,1-2H3. The van der Waals surface area contributed by atoms with Crippen LogP contribution >= 0.6 is 0 Å². The van der Waals surface area contributed by atoms with Crippen molar-refractivity contribution in [3.8, 4) is 0 Å². The minimum Gasteiger partial charge on any atom is -0.329 e. The van der Waals surface area contributed by atoms with Gasteiger partial charge in [-0.05, 0) is 44.2 Å². The van der Waals surface area contributed by atoms with E-state index in [2.05, 4.69) is 18.7 Å². The number of piperidine rings is 1. The molecule has 0 aromatic carbocycles. The van der Waals surface area contributed by atoms with Crippen molar-refractivity contribution in [2.45, 2.75) is 64.3 Å². The third-order valence-electron chi connectivity index (χ3n) is 5.20. The van der Waals surface area contributed by atoms with E-state index in [1.54, 1.807) is 0 Å². The minimum atomic E-state index is 0.297. The zero-order valence-corrected chi connectivity index (χ0v) is 11.1. The van der Waals surface area contributed by atoms with Gasteiger partial charge in [-0.15, -0.1) is 0 Å². The number of nitrogens with zero attached hydrogens (tertiary/aromatic N) is 1. The molecule has 0 bridgehead atoms. The van der Waals surface area contributed by atoms with Crippen molar-refractivity contribution < 1.29 is 0 Å². The zero-order valence-electron chi connectivity index (χ0n) is 11.1. The van der Waals surface area contributed by atoms with Crippen molar-refractivity contribution in [2.24, 2.45) is 11.1 Å². The molecule has 1 atom stereocenters. The van der Waals surface area contributed by atoms with Crippen molar-refractivity contribution in [3.05, 3.63) is 0 Å². The summed E-state index contributed by atoms with van der Waals surface area (Å²) < 4.78 is 0. The third kappa shape index (κ3) is 1.91. The van der Waals surface area contributed by atoms with Crippen LogP contribution < -0.4 is 5.73 Å². The lowest BCUT2D eigenvalue weighted by Crippen LogP contribution is -2.64. The highest BCUT2D eigenvalue weighted by Gasteiger charge is 2.49. The molecule has 1 saturated heterocycles. The summed E-state index contributed by atoms with van der Waals surface area (Å²) >= 11 is 0. The predicted molar refractivity (Wildman–Crippen MR) is 69.5 cm³/mol. The van der Waals surface area contributed by atoms with Gasteiger partial charge in [-0.2, -0.15) is 0 Å². The van der Waals surface area contributed by atoms with Crippen LogP contribution in [0.25, 0.3) is 0 Å². The Morgan fingerprint density at radius 2 is 1.56 bits per heavy atom. The molecule has 2 nitrogen and oxygen atoms in total. The second-order valence-corrected chi connectivity index (χ2v) is 6.37. The molecule has 16 heavy (non-hydrogen) atoms. The normalized spacial score (nSPS) is 36.2. The Kier molecular flexibility index (Phi) is 3.60. The molecule has 1 unspecified atom stereocenters. The number of hydrogen-bond donors (Lipinski definition) is 1. The molecule has 0 radical (unpaired) electrons. The topological polar surface area (TPSA) is 29.3 Å². The summed E-state index contributed by atoms with van der Waals surface area (Å²) in [4.78, 5) is 2.73. The molecule has 1 aliphatic heterocycles. The zero-order chi connectivity index (χ0) is 11.6. The first kappa shape index (κ1) is 12.4. The van der Waals surface area contributed by atoms with Gasteiger partial charge < -0.3 is 5.73 Å². The summed E-state index contributed by atoms with van der Waals surface area (Å²) in [6, 6.07) is 0. The maximum atomic E-state index is 6.20. The van der Waals surface area contributed by atoms with E-state index in [0.29, 0.717) is 11.0 Å². The van der Waals surface area contributed by atoms with E-state index in [1.807, 2.05) is 0 Å². The van der Waals surface area contributed by atoms with E-state index >= 15 is 0 Å². The second kappa shape index (κ2) is 4.66. The van der Waals surface area contributed by atoms with E-state index in [9.17, 15) is 0 Å². The van der Waals surface area contributed by atoms with Crippen LogP contribution in [0.2, 0.25) is 0 Å². The molecule has 0 aromatic rings. The highest BCUT2D eigenvalue weighted by molar-refractivity contribution is 5.05. The molecule has 1 saturated carbocycles. The predicted octanol–water partition coefficient (Wildman–Crippen LogP) is 2.77. The molecule has 2 N–H and O–H groups in total. The SMILES string of the molecule is CC1(C)CCCCC1(CN)N1CCCCC1. The van der Waals surface area contributed by atoms with E-state index in [4.69, 9.17) is 5.73 Å². The maximum absolute atomic E-state index is 6.20. The van der Waals surface area contributed by atoms with Crippen LogP contribution in [0.3, 0.4) is 0 Å². The Bertz CT molecular complexity index is 231. The number of rotatable bonds is 2. The molecule has 2 fully saturated rings. The van der Waals surface area contributed by atoms with Crippen molar-refractivity contribution in [1.82, 2.24) is 4.90 Å². The van der Waals surface area contributed by atoms with Gasteiger partial charge in [-0.1, -0.05) is 33.1 Å².